The lowest BCUT2D eigenvalue weighted by atomic mass is 10.1. The molecule has 0 spiro atoms. The first-order chi connectivity index (χ1) is 15.9. The second-order valence-corrected chi connectivity index (χ2v) is 7.33. The molecular weight excluding hydrogens is 441 g/mol. The van der Waals surface area contributed by atoms with E-state index in [-0.39, 0.29) is 12.0 Å². The lowest BCUT2D eigenvalue weighted by molar-refractivity contribution is -0.419. The number of rotatable bonds is 8. The third kappa shape index (κ3) is 6.51. The van der Waals surface area contributed by atoms with Crippen molar-refractivity contribution in [3.8, 4) is 22.8 Å². The fourth-order valence-electron chi connectivity index (χ4n) is 3.30. The minimum absolute atomic E-state index is 0.300. The van der Waals surface area contributed by atoms with Crippen LogP contribution in [0.5, 0.6) is 5.75 Å². The molecule has 11 heteroatoms. The number of aromatic nitrogens is 3. The number of benzene rings is 2. The zero-order chi connectivity index (χ0) is 23.3. The first kappa shape index (κ1) is 23.2. The molecular formula is C22H23F3N4O4. The molecule has 176 valence electrons. The molecule has 1 aliphatic rings. The van der Waals surface area contributed by atoms with Crippen molar-refractivity contribution in [2.75, 3.05) is 13.7 Å². The highest BCUT2D eigenvalue weighted by Gasteiger charge is 2.31. The van der Waals surface area contributed by atoms with E-state index in [1.165, 1.54) is 47.6 Å². The van der Waals surface area contributed by atoms with Crippen LogP contribution in [0, 0.1) is 0 Å². The van der Waals surface area contributed by atoms with E-state index in [1.54, 1.807) is 0 Å². The molecule has 1 aliphatic heterocycles. The van der Waals surface area contributed by atoms with Crippen LogP contribution in [0.15, 0.2) is 54.9 Å². The maximum Gasteiger partial charge on any atom is 0.573 e. The van der Waals surface area contributed by atoms with Gasteiger partial charge in [-0.1, -0.05) is 29.5 Å². The molecule has 0 saturated carbocycles. The van der Waals surface area contributed by atoms with Crippen molar-refractivity contribution in [1.29, 1.82) is 0 Å². The quantitative estimate of drug-likeness (QED) is 0.449. The summed E-state index contributed by atoms with van der Waals surface area (Å²) in [6, 6.07) is 13.0. The first-order valence-corrected chi connectivity index (χ1v) is 10.4. The lowest BCUT2D eigenvalue weighted by Gasteiger charge is -2.27. The third-order valence-electron chi connectivity index (χ3n) is 4.93. The van der Waals surface area contributed by atoms with E-state index >= 15 is 0 Å². The average molecular weight is 464 g/mol. The normalized spacial score (nSPS) is 16.8. The maximum atomic E-state index is 12.3. The minimum Gasteiger partial charge on any atom is -0.406 e. The number of hydrogen-bond acceptors (Lipinski definition) is 7. The number of alkyl halides is 3. The van der Waals surface area contributed by atoms with Crippen LogP contribution in [0.25, 0.3) is 17.1 Å². The molecule has 1 aromatic heterocycles. The van der Waals surface area contributed by atoms with Gasteiger partial charge in [0, 0.05) is 18.6 Å². The highest BCUT2D eigenvalue weighted by Crippen LogP contribution is 2.24. The maximum absolute atomic E-state index is 12.3. The molecule has 1 atom stereocenters. The molecule has 0 aliphatic carbocycles. The van der Waals surface area contributed by atoms with Gasteiger partial charge >= 0.3 is 6.36 Å². The van der Waals surface area contributed by atoms with Crippen LogP contribution in [0.3, 0.4) is 0 Å². The van der Waals surface area contributed by atoms with Gasteiger partial charge in [-0.15, -0.1) is 18.3 Å². The van der Waals surface area contributed by atoms with Crippen molar-refractivity contribution in [1.82, 2.24) is 20.0 Å². The smallest absolute Gasteiger partial charge is 0.406 e. The van der Waals surface area contributed by atoms with E-state index in [1.807, 2.05) is 24.3 Å². The zero-order valence-corrected chi connectivity index (χ0v) is 17.9. The molecule has 0 bridgehead atoms. The molecule has 33 heavy (non-hydrogen) atoms. The second kappa shape index (κ2) is 10.3. The Kier molecular flexibility index (Phi) is 7.23. The molecule has 2 aromatic carbocycles. The number of nitrogens with zero attached hydrogens (tertiary/aromatic N) is 4. The van der Waals surface area contributed by atoms with Crippen molar-refractivity contribution >= 4 is 0 Å². The van der Waals surface area contributed by atoms with Gasteiger partial charge in [0.2, 0.25) is 0 Å². The van der Waals surface area contributed by atoms with Gasteiger partial charge in [0.25, 0.3) is 0 Å². The molecule has 1 fully saturated rings. The summed E-state index contributed by atoms with van der Waals surface area (Å²) in [7, 11) is 1.54. The molecule has 4 rings (SSSR count). The van der Waals surface area contributed by atoms with Gasteiger partial charge in [0.1, 0.15) is 12.1 Å². The molecule has 0 amide bonds. The van der Waals surface area contributed by atoms with Gasteiger partial charge in [-0.05, 0) is 42.7 Å². The average Bonchev–Trinajstić information content (AvgIpc) is 3.29. The summed E-state index contributed by atoms with van der Waals surface area (Å²) in [5.74, 6) is 0.180. The summed E-state index contributed by atoms with van der Waals surface area (Å²) in [6.45, 7) is 1.09. The van der Waals surface area contributed by atoms with Crippen molar-refractivity contribution in [2.45, 2.75) is 38.5 Å². The summed E-state index contributed by atoms with van der Waals surface area (Å²) >= 11 is 0. The fourth-order valence-corrected chi connectivity index (χ4v) is 3.30. The molecule has 0 N–H and O–H groups in total. The Morgan fingerprint density at radius 1 is 1.09 bits per heavy atom. The minimum atomic E-state index is -4.73. The fraction of sp³-hybridized carbons (Fsp3) is 0.364. The van der Waals surface area contributed by atoms with Crippen molar-refractivity contribution in [2.24, 2.45) is 0 Å². The monoisotopic (exact) mass is 464 g/mol. The molecule has 3 aromatic rings. The van der Waals surface area contributed by atoms with E-state index < -0.39 is 6.36 Å². The Balaban J connectivity index is 1.38. The summed E-state index contributed by atoms with van der Waals surface area (Å²) in [5, 5.41) is 5.80. The van der Waals surface area contributed by atoms with Crippen LogP contribution in [-0.2, 0) is 21.0 Å². The Hall–Kier alpha value is -2.99. The zero-order valence-electron chi connectivity index (χ0n) is 17.9. The number of halogens is 3. The standard InChI is InChI=1S/C22H23F3N4O4/c1-30-29(33-20-4-2-3-13-31-20)14-16-5-7-17(8-6-16)21-26-15-28(27-21)18-9-11-19(12-10-18)32-22(23,24)25/h5-12,15,20H,2-4,13-14H2,1H3. The van der Waals surface area contributed by atoms with Gasteiger partial charge in [0.05, 0.1) is 19.3 Å². The van der Waals surface area contributed by atoms with Crippen LogP contribution in [0.2, 0.25) is 0 Å². The van der Waals surface area contributed by atoms with Gasteiger partial charge < -0.3 is 9.47 Å². The van der Waals surface area contributed by atoms with E-state index in [0.717, 1.165) is 30.4 Å². The number of hydrogen-bond donors (Lipinski definition) is 0. The van der Waals surface area contributed by atoms with E-state index in [0.29, 0.717) is 24.7 Å². The highest BCUT2D eigenvalue weighted by molar-refractivity contribution is 5.55. The Bertz CT molecular complexity index is 1020. The summed E-state index contributed by atoms with van der Waals surface area (Å²) in [6.07, 6.45) is -0.624. The molecule has 1 unspecified atom stereocenters. The van der Waals surface area contributed by atoms with Crippen molar-refractivity contribution < 1.29 is 32.3 Å². The van der Waals surface area contributed by atoms with Crippen LogP contribution in [0.4, 0.5) is 13.2 Å². The van der Waals surface area contributed by atoms with E-state index in [9.17, 15) is 13.2 Å². The van der Waals surface area contributed by atoms with Crippen LogP contribution in [0.1, 0.15) is 24.8 Å². The van der Waals surface area contributed by atoms with E-state index in [2.05, 4.69) is 14.8 Å². The predicted octanol–water partition coefficient (Wildman–Crippen LogP) is 4.65. The molecule has 0 radical (unpaired) electrons. The van der Waals surface area contributed by atoms with Crippen molar-refractivity contribution in [3.63, 3.8) is 0 Å². The van der Waals surface area contributed by atoms with E-state index in [4.69, 9.17) is 14.4 Å². The molecule has 1 saturated heterocycles. The Morgan fingerprint density at radius 3 is 2.48 bits per heavy atom. The molecule has 2 heterocycles. The van der Waals surface area contributed by atoms with Crippen molar-refractivity contribution in [3.05, 3.63) is 60.4 Å². The van der Waals surface area contributed by atoms with Gasteiger partial charge in [-0.2, -0.15) is 0 Å². The summed E-state index contributed by atoms with van der Waals surface area (Å²) in [5.41, 5.74) is 2.30. The topological polar surface area (TPSA) is 70.9 Å². The van der Waals surface area contributed by atoms with Crippen LogP contribution in [-0.4, -0.2) is 46.4 Å². The summed E-state index contributed by atoms with van der Waals surface area (Å²) < 4.78 is 47.9. The van der Waals surface area contributed by atoms with Gasteiger partial charge in [0.15, 0.2) is 12.1 Å². The Morgan fingerprint density at radius 2 is 1.85 bits per heavy atom. The predicted molar refractivity (Wildman–Crippen MR) is 111 cm³/mol. The van der Waals surface area contributed by atoms with Crippen LogP contribution < -0.4 is 4.74 Å². The third-order valence-corrected chi connectivity index (χ3v) is 4.93. The van der Waals surface area contributed by atoms with Gasteiger partial charge in [-0.25, -0.2) is 14.5 Å². The first-order valence-electron chi connectivity index (χ1n) is 10.4. The molecule has 8 nitrogen and oxygen atoms in total. The number of ether oxygens (including phenoxy) is 2. The highest BCUT2D eigenvalue weighted by atomic mass is 19.4. The summed E-state index contributed by atoms with van der Waals surface area (Å²) in [4.78, 5) is 15.3. The SMILES string of the molecule is CON(Cc1ccc(-c2ncn(-c3ccc(OC(F)(F)F)cc3)n2)cc1)OC1CCCCO1. The Labute approximate surface area is 188 Å². The second-order valence-electron chi connectivity index (χ2n) is 7.33. The van der Waals surface area contributed by atoms with Crippen LogP contribution >= 0.6 is 0 Å². The number of hydroxylamine groups is 2. The lowest BCUT2D eigenvalue weighted by Crippen LogP contribution is -2.32. The largest absolute Gasteiger partial charge is 0.573 e. The van der Waals surface area contributed by atoms with Gasteiger partial charge in [-0.3, -0.25) is 4.84 Å².